The smallest absolute Gasteiger partial charge is 0.0719 e. The van der Waals surface area contributed by atoms with E-state index in [1.165, 1.54) is 50.1 Å². The van der Waals surface area contributed by atoms with Crippen molar-refractivity contribution in [2.45, 2.75) is 24.2 Å². The van der Waals surface area contributed by atoms with Crippen LogP contribution in [0.3, 0.4) is 0 Å². The molecule has 0 heterocycles. The van der Waals surface area contributed by atoms with Crippen LogP contribution < -0.4 is 4.90 Å². The van der Waals surface area contributed by atoms with E-state index in [-0.39, 0.29) is 5.41 Å². The van der Waals surface area contributed by atoms with Gasteiger partial charge in [-0.05, 0) is 92.9 Å². The standard InChI is InChI=1S/C51H39N/c1-49(34-18-5-19-35-49)51(37-20-6-2-7-21-37)47-30-16-14-28-45(47)50(46-29-15-17-31-48(46)51)43-27-13-12-26-41(43)42-36-40(32-33-44(42)50)52(38-22-8-3-9-23-38)39-24-10-4-11-25-39/h2-34,36H,35H2,1H3. The van der Waals surface area contributed by atoms with E-state index in [0.717, 1.165) is 23.5 Å². The van der Waals surface area contributed by atoms with Crippen molar-refractivity contribution in [2.24, 2.45) is 5.41 Å². The van der Waals surface area contributed by atoms with E-state index in [1.807, 2.05) is 0 Å². The maximum Gasteiger partial charge on any atom is 0.0719 e. The van der Waals surface area contributed by atoms with Crippen molar-refractivity contribution < 1.29 is 0 Å². The van der Waals surface area contributed by atoms with Crippen LogP contribution in [-0.2, 0) is 10.8 Å². The fourth-order valence-corrected chi connectivity index (χ4v) is 10.1. The first-order valence-electron chi connectivity index (χ1n) is 18.4. The van der Waals surface area contributed by atoms with E-state index in [4.69, 9.17) is 0 Å². The number of allylic oxidation sites excluding steroid dienone is 4. The maximum atomic E-state index is 2.47. The fraction of sp³-hybridized carbons (Fsp3) is 0.0980. The van der Waals surface area contributed by atoms with Crippen LogP contribution >= 0.6 is 0 Å². The van der Waals surface area contributed by atoms with E-state index in [2.05, 4.69) is 218 Å². The SMILES string of the molecule is CC1(C2(c3ccccc3)c3ccccc3C3(c4ccccc4-c4cc(N(c5ccccc5)c5ccccc5)ccc43)c3ccccc32)C=CC=CC1. The Balaban J connectivity index is 1.30. The fourth-order valence-electron chi connectivity index (χ4n) is 10.1. The van der Waals surface area contributed by atoms with E-state index >= 15 is 0 Å². The van der Waals surface area contributed by atoms with Gasteiger partial charge in [-0.15, -0.1) is 0 Å². The van der Waals surface area contributed by atoms with Gasteiger partial charge in [0.25, 0.3) is 0 Å². The van der Waals surface area contributed by atoms with Gasteiger partial charge in [0.15, 0.2) is 0 Å². The van der Waals surface area contributed by atoms with Crippen molar-refractivity contribution in [1.82, 2.24) is 0 Å². The second kappa shape index (κ2) is 11.7. The van der Waals surface area contributed by atoms with Gasteiger partial charge in [-0.25, -0.2) is 0 Å². The maximum absolute atomic E-state index is 2.47. The summed E-state index contributed by atoms with van der Waals surface area (Å²) in [6.45, 7) is 2.47. The molecule has 52 heavy (non-hydrogen) atoms. The summed E-state index contributed by atoms with van der Waals surface area (Å²) in [5.74, 6) is 0. The van der Waals surface area contributed by atoms with Gasteiger partial charge in [-0.2, -0.15) is 0 Å². The molecular formula is C51H39N. The predicted octanol–water partition coefficient (Wildman–Crippen LogP) is 12.7. The average molecular weight is 666 g/mol. The Hall–Kier alpha value is -6.18. The molecule has 1 spiro atoms. The summed E-state index contributed by atoms with van der Waals surface area (Å²) in [7, 11) is 0. The first kappa shape index (κ1) is 30.6. The van der Waals surface area contributed by atoms with Crippen LogP contribution in [0.5, 0.6) is 0 Å². The molecule has 3 aliphatic rings. The number of anilines is 3. The van der Waals surface area contributed by atoms with E-state index in [1.54, 1.807) is 0 Å². The molecular weight excluding hydrogens is 627 g/mol. The predicted molar refractivity (Wildman–Crippen MR) is 216 cm³/mol. The van der Waals surface area contributed by atoms with Gasteiger partial charge in [0, 0.05) is 22.5 Å². The molecule has 0 aromatic heterocycles. The van der Waals surface area contributed by atoms with Crippen LogP contribution in [0.15, 0.2) is 206 Å². The number of para-hydroxylation sites is 2. The van der Waals surface area contributed by atoms with Crippen molar-refractivity contribution in [3.63, 3.8) is 0 Å². The summed E-state index contributed by atoms with van der Waals surface area (Å²) in [4.78, 5) is 2.38. The summed E-state index contributed by atoms with van der Waals surface area (Å²) < 4.78 is 0. The molecule has 0 aliphatic heterocycles. The van der Waals surface area contributed by atoms with E-state index in [0.29, 0.717) is 0 Å². The minimum atomic E-state index is -0.495. The first-order valence-corrected chi connectivity index (χ1v) is 18.4. The van der Waals surface area contributed by atoms with Crippen molar-refractivity contribution >= 4 is 17.1 Å². The monoisotopic (exact) mass is 665 g/mol. The minimum absolute atomic E-state index is 0.215. The highest BCUT2D eigenvalue weighted by Crippen LogP contribution is 2.67. The lowest BCUT2D eigenvalue weighted by atomic mass is 9.45. The van der Waals surface area contributed by atoms with E-state index < -0.39 is 10.8 Å². The zero-order valence-electron chi connectivity index (χ0n) is 29.3. The van der Waals surface area contributed by atoms with Gasteiger partial charge in [0.05, 0.1) is 10.8 Å². The molecule has 248 valence electrons. The van der Waals surface area contributed by atoms with Crippen molar-refractivity contribution in [3.05, 3.63) is 245 Å². The molecule has 0 N–H and O–H groups in total. The zero-order valence-corrected chi connectivity index (χ0v) is 29.3. The van der Waals surface area contributed by atoms with Gasteiger partial charge in [-0.1, -0.05) is 177 Å². The number of hydrogen-bond acceptors (Lipinski definition) is 1. The lowest BCUT2D eigenvalue weighted by Gasteiger charge is -2.56. The molecule has 7 aromatic carbocycles. The largest absolute Gasteiger partial charge is 0.310 e. The molecule has 1 nitrogen and oxygen atoms in total. The van der Waals surface area contributed by atoms with Gasteiger partial charge >= 0.3 is 0 Å². The van der Waals surface area contributed by atoms with Crippen molar-refractivity contribution in [2.75, 3.05) is 4.90 Å². The van der Waals surface area contributed by atoms with Crippen LogP contribution in [0.2, 0.25) is 0 Å². The molecule has 1 unspecified atom stereocenters. The highest BCUT2D eigenvalue weighted by atomic mass is 15.1. The Morgan fingerprint density at radius 1 is 0.423 bits per heavy atom. The van der Waals surface area contributed by atoms with Gasteiger partial charge < -0.3 is 4.90 Å². The van der Waals surface area contributed by atoms with Crippen LogP contribution in [0.4, 0.5) is 17.1 Å². The highest BCUT2D eigenvalue weighted by Gasteiger charge is 2.60. The minimum Gasteiger partial charge on any atom is -0.310 e. The number of benzene rings is 7. The third-order valence-corrected chi connectivity index (χ3v) is 12.1. The normalized spacial score (nSPS) is 21.9. The summed E-state index contributed by atoms with van der Waals surface area (Å²) in [6.07, 6.45) is 10.2. The van der Waals surface area contributed by atoms with Gasteiger partial charge in [0.2, 0.25) is 0 Å². The van der Waals surface area contributed by atoms with Gasteiger partial charge in [-0.3, -0.25) is 0 Å². The third kappa shape index (κ3) is 4.05. The topological polar surface area (TPSA) is 3.24 Å². The number of hydrogen-bond donors (Lipinski definition) is 0. The quantitative estimate of drug-likeness (QED) is 0.177. The Labute approximate surface area is 306 Å². The number of fused-ring (bicyclic) bond motifs is 9. The number of rotatable bonds is 5. The molecule has 0 saturated heterocycles. The van der Waals surface area contributed by atoms with Crippen LogP contribution in [-0.4, -0.2) is 0 Å². The molecule has 1 heteroatoms. The second-order valence-electron chi connectivity index (χ2n) is 14.6. The Morgan fingerprint density at radius 2 is 0.923 bits per heavy atom. The summed E-state index contributed by atoms with van der Waals surface area (Å²) >= 11 is 0. The lowest BCUT2D eigenvalue weighted by molar-refractivity contribution is 0.276. The molecule has 0 radical (unpaired) electrons. The Morgan fingerprint density at radius 3 is 1.50 bits per heavy atom. The van der Waals surface area contributed by atoms with Crippen LogP contribution in [0.1, 0.15) is 52.3 Å². The summed E-state index contributed by atoms with van der Waals surface area (Å²) in [6, 6.07) is 67.8. The molecule has 10 rings (SSSR count). The summed E-state index contributed by atoms with van der Waals surface area (Å²) in [5, 5.41) is 0. The highest BCUT2D eigenvalue weighted by molar-refractivity contribution is 5.92. The van der Waals surface area contributed by atoms with Crippen LogP contribution in [0, 0.1) is 5.41 Å². The molecule has 0 bridgehead atoms. The van der Waals surface area contributed by atoms with Crippen molar-refractivity contribution in [1.29, 1.82) is 0 Å². The Kier molecular flexibility index (Phi) is 6.88. The zero-order chi connectivity index (χ0) is 34.8. The molecule has 3 aliphatic carbocycles. The first-order chi connectivity index (χ1) is 25.7. The molecule has 0 saturated carbocycles. The van der Waals surface area contributed by atoms with Crippen LogP contribution in [0.25, 0.3) is 11.1 Å². The van der Waals surface area contributed by atoms with Gasteiger partial charge in [0.1, 0.15) is 0 Å². The van der Waals surface area contributed by atoms with E-state index in [9.17, 15) is 0 Å². The molecule has 7 aromatic rings. The molecule has 1 atom stereocenters. The lowest BCUT2D eigenvalue weighted by Crippen LogP contribution is -2.52. The van der Waals surface area contributed by atoms with Crippen molar-refractivity contribution in [3.8, 4) is 11.1 Å². The molecule has 0 fully saturated rings. The second-order valence-corrected chi connectivity index (χ2v) is 14.6. The Bertz CT molecular complexity index is 2420. The average Bonchev–Trinajstić information content (AvgIpc) is 3.50. The summed E-state index contributed by atoms with van der Waals surface area (Å²) in [5.41, 5.74) is 14.4. The third-order valence-electron chi connectivity index (χ3n) is 12.1. The molecule has 0 amide bonds. The number of nitrogens with zero attached hydrogens (tertiary/aromatic N) is 1.